The molecule has 1 aliphatic rings. The zero-order chi connectivity index (χ0) is 18.9. The van der Waals surface area contributed by atoms with Gasteiger partial charge in [-0.2, -0.15) is 0 Å². The first-order valence-electron chi connectivity index (χ1n) is 9.64. The van der Waals surface area contributed by atoms with Gasteiger partial charge >= 0.3 is 0 Å². The third-order valence-corrected chi connectivity index (χ3v) is 6.15. The first-order valence-corrected chi connectivity index (χ1v) is 10.5. The highest BCUT2D eigenvalue weighted by molar-refractivity contribution is 7.21. The normalized spacial score (nSPS) is 14.6. The monoisotopic (exact) mass is 371 g/mol. The van der Waals surface area contributed by atoms with Crippen LogP contribution in [0.3, 0.4) is 0 Å². The molecule has 0 saturated heterocycles. The lowest BCUT2D eigenvalue weighted by molar-refractivity contribution is -0.130. The van der Waals surface area contributed by atoms with Crippen molar-refractivity contribution in [1.29, 1.82) is 0 Å². The summed E-state index contributed by atoms with van der Waals surface area (Å²) in [6.45, 7) is 9.63. The summed E-state index contributed by atoms with van der Waals surface area (Å²) in [6, 6.07) is 8.06. The fraction of sp³-hybridized carbons (Fsp3) is 0.545. The summed E-state index contributed by atoms with van der Waals surface area (Å²) in [7, 11) is 0. The summed E-state index contributed by atoms with van der Waals surface area (Å²) in [6.07, 6.45) is 3.77. The van der Waals surface area contributed by atoms with Gasteiger partial charge in [0.1, 0.15) is 0 Å². The van der Waals surface area contributed by atoms with Crippen molar-refractivity contribution < 1.29 is 9.59 Å². The third-order valence-electron chi connectivity index (χ3n) is 4.94. The minimum atomic E-state index is -0.449. The van der Waals surface area contributed by atoms with Gasteiger partial charge in [0.25, 0.3) is 0 Å². The molecule has 1 amide bonds. The van der Waals surface area contributed by atoms with E-state index in [0.717, 1.165) is 40.0 Å². The summed E-state index contributed by atoms with van der Waals surface area (Å²) in [4.78, 5) is 28.8. The second-order valence-electron chi connectivity index (χ2n) is 8.44. The Hall–Kier alpha value is -1.68. The predicted octanol–water partition coefficient (Wildman–Crippen LogP) is 5.32. The van der Waals surface area contributed by atoms with Crippen LogP contribution in [-0.2, 0) is 11.2 Å². The summed E-state index contributed by atoms with van der Waals surface area (Å²) >= 11 is 1.53. The number of nitrogens with zero attached hydrogens (tertiary/aromatic N) is 1. The highest BCUT2D eigenvalue weighted by Crippen LogP contribution is 2.36. The largest absolute Gasteiger partial charge is 0.342 e. The number of hydrogen-bond acceptors (Lipinski definition) is 3. The maximum absolute atomic E-state index is 13.1. The maximum atomic E-state index is 13.1. The highest BCUT2D eigenvalue weighted by Gasteiger charge is 2.31. The van der Waals surface area contributed by atoms with Crippen LogP contribution in [-0.4, -0.2) is 29.7 Å². The average molecular weight is 372 g/mol. The van der Waals surface area contributed by atoms with Crippen LogP contribution in [0.4, 0.5) is 0 Å². The number of carbonyl (C=O) groups excluding carboxylic acids is 2. The van der Waals surface area contributed by atoms with Gasteiger partial charge in [0.05, 0.1) is 11.3 Å². The molecule has 140 valence electrons. The topological polar surface area (TPSA) is 37.4 Å². The van der Waals surface area contributed by atoms with E-state index in [4.69, 9.17) is 0 Å². The Morgan fingerprint density at radius 1 is 1.19 bits per heavy atom. The van der Waals surface area contributed by atoms with E-state index in [-0.39, 0.29) is 11.7 Å². The molecule has 3 rings (SSSR count). The number of carbonyl (C=O) groups is 2. The predicted molar refractivity (Wildman–Crippen MR) is 109 cm³/mol. The lowest BCUT2D eigenvalue weighted by Gasteiger charge is -2.23. The zero-order valence-electron chi connectivity index (χ0n) is 16.3. The van der Waals surface area contributed by atoms with Crippen LogP contribution in [0.5, 0.6) is 0 Å². The minimum absolute atomic E-state index is 0.130. The van der Waals surface area contributed by atoms with E-state index >= 15 is 0 Å². The van der Waals surface area contributed by atoms with Gasteiger partial charge in [-0.1, -0.05) is 45.9 Å². The molecular weight excluding hydrogens is 342 g/mol. The Morgan fingerprint density at radius 2 is 1.88 bits per heavy atom. The van der Waals surface area contributed by atoms with Crippen molar-refractivity contribution in [2.75, 3.05) is 13.1 Å². The van der Waals surface area contributed by atoms with Crippen molar-refractivity contribution in [2.45, 2.75) is 53.4 Å². The molecule has 0 unspecified atom stereocenters. The smallest absolute Gasteiger partial charge is 0.227 e. The third kappa shape index (κ3) is 4.17. The number of amides is 1. The van der Waals surface area contributed by atoms with Crippen LogP contribution in [0.15, 0.2) is 24.3 Å². The molecule has 1 aliphatic carbocycles. The van der Waals surface area contributed by atoms with Gasteiger partial charge < -0.3 is 4.90 Å². The molecule has 0 atom stereocenters. The number of hydrogen-bond donors (Lipinski definition) is 0. The number of ketones is 1. The molecule has 0 bridgehead atoms. The van der Waals surface area contributed by atoms with Crippen LogP contribution >= 0.6 is 11.3 Å². The van der Waals surface area contributed by atoms with Gasteiger partial charge in [0, 0.05) is 23.2 Å². The van der Waals surface area contributed by atoms with E-state index in [1.807, 2.05) is 49.9 Å². The van der Waals surface area contributed by atoms with Crippen molar-refractivity contribution in [1.82, 2.24) is 4.90 Å². The fourth-order valence-electron chi connectivity index (χ4n) is 3.26. The fourth-order valence-corrected chi connectivity index (χ4v) is 4.63. The van der Waals surface area contributed by atoms with E-state index in [9.17, 15) is 9.59 Å². The zero-order valence-corrected chi connectivity index (χ0v) is 17.1. The number of rotatable bonds is 7. The van der Waals surface area contributed by atoms with Crippen molar-refractivity contribution in [3.8, 4) is 0 Å². The van der Waals surface area contributed by atoms with Gasteiger partial charge in [-0.05, 0) is 42.2 Å². The molecule has 0 spiro atoms. The Balaban J connectivity index is 1.94. The molecule has 1 aromatic carbocycles. The molecule has 0 aliphatic heterocycles. The summed E-state index contributed by atoms with van der Waals surface area (Å²) in [5.41, 5.74) is 0.475. The molecule has 0 N–H and O–H groups in total. The molecule has 1 aromatic heterocycles. The second-order valence-corrected chi connectivity index (χ2v) is 9.50. The summed E-state index contributed by atoms with van der Waals surface area (Å²) in [5.74, 6) is 0.969. The lowest BCUT2D eigenvalue weighted by atomic mass is 9.88. The van der Waals surface area contributed by atoms with Crippen molar-refractivity contribution in [2.24, 2.45) is 11.3 Å². The van der Waals surface area contributed by atoms with E-state index in [1.54, 1.807) is 0 Å². The van der Waals surface area contributed by atoms with Crippen LogP contribution in [0, 0.1) is 11.3 Å². The number of Topliss-reactive ketones (excluding diaryl/α,β-unsaturated/α-hetero) is 1. The van der Waals surface area contributed by atoms with E-state index in [1.165, 1.54) is 24.2 Å². The molecule has 1 heterocycles. The first-order chi connectivity index (χ1) is 12.3. The van der Waals surface area contributed by atoms with Crippen LogP contribution in [0.2, 0.25) is 0 Å². The first kappa shape index (κ1) is 19.1. The molecular formula is C22H29NO2S. The van der Waals surface area contributed by atoms with Crippen LogP contribution in [0.1, 0.15) is 62.2 Å². The standard InChI is InChI=1S/C22H29NO2S/c1-5-12-23(14-15-10-11-15)19(24)13-17-16-8-6-7-9-18(16)26-20(17)21(25)22(2,3)4/h6-9,15H,5,10-14H2,1-4H3. The van der Waals surface area contributed by atoms with Gasteiger partial charge in [-0.3, -0.25) is 9.59 Å². The van der Waals surface area contributed by atoms with Gasteiger partial charge in [-0.25, -0.2) is 0 Å². The van der Waals surface area contributed by atoms with E-state index in [0.29, 0.717) is 12.3 Å². The number of benzene rings is 1. The van der Waals surface area contributed by atoms with Crippen molar-refractivity contribution in [3.05, 3.63) is 34.7 Å². The van der Waals surface area contributed by atoms with Crippen molar-refractivity contribution >= 4 is 33.1 Å². The lowest BCUT2D eigenvalue weighted by Crippen LogP contribution is -2.35. The number of thiophene rings is 1. The Labute approximate surface area is 160 Å². The van der Waals surface area contributed by atoms with Crippen LogP contribution < -0.4 is 0 Å². The molecule has 0 radical (unpaired) electrons. The molecule has 4 heteroatoms. The Kier molecular flexibility index (Phi) is 5.52. The summed E-state index contributed by atoms with van der Waals surface area (Å²) < 4.78 is 1.09. The van der Waals surface area contributed by atoms with Gasteiger partial charge in [-0.15, -0.1) is 11.3 Å². The molecule has 3 nitrogen and oxygen atoms in total. The minimum Gasteiger partial charge on any atom is -0.342 e. The van der Waals surface area contributed by atoms with Crippen molar-refractivity contribution in [3.63, 3.8) is 0 Å². The molecule has 26 heavy (non-hydrogen) atoms. The van der Waals surface area contributed by atoms with Crippen LogP contribution in [0.25, 0.3) is 10.1 Å². The Morgan fingerprint density at radius 3 is 2.50 bits per heavy atom. The van der Waals surface area contributed by atoms with Gasteiger partial charge in [0.2, 0.25) is 5.91 Å². The second kappa shape index (κ2) is 7.51. The highest BCUT2D eigenvalue weighted by atomic mass is 32.1. The SMILES string of the molecule is CCCN(CC1CC1)C(=O)Cc1c(C(=O)C(C)(C)C)sc2ccccc12. The number of fused-ring (bicyclic) bond motifs is 1. The van der Waals surface area contributed by atoms with E-state index in [2.05, 4.69) is 6.92 Å². The quantitative estimate of drug-likeness (QED) is 0.618. The molecule has 1 saturated carbocycles. The van der Waals surface area contributed by atoms with Gasteiger partial charge in [0.15, 0.2) is 5.78 Å². The summed E-state index contributed by atoms with van der Waals surface area (Å²) in [5, 5.41) is 1.06. The van der Waals surface area contributed by atoms with E-state index < -0.39 is 5.41 Å². The molecule has 2 aromatic rings. The average Bonchev–Trinajstić information content (AvgIpc) is 3.34. The Bertz CT molecular complexity index is 811. The molecule has 1 fully saturated rings. The maximum Gasteiger partial charge on any atom is 0.227 e.